The molecule has 5 rings (SSSR count). The number of oxazole rings is 1. The van der Waals surface area contributed by atoms with E-state index >= 15 is 0 Å². The van der Waals surface area contributed by atoms with Crippen molar-refractivity contribution in [1.29, 1.82) is 0 Å². The number of aromatic nitrogens is 3. The zero-order chi connectivity index (χ0) is 30.9. The number of carboxylic acid groups (broad SMARTS) is 1. The zero-order valence-corrected chi connectivity index (χ0v) is 25.1. The van der Waals surface area contributed by atoms with Crippen LogP contribution in [0.2, 0.25) is 0 Å². The highest BCUT2D eigenvalue weighted by Gasteiger charge is 2.36. The fraction of sp³-hybridized carbons (Fsp3) is 0.433. The van der Waals surface area contributed by atoms with Crippen molar-refractivity contribution in [1.82, 2.24) is 14.1 Å². The van der Waals surface area contributed by atoms with Crippen molar-refractivity contribution in [3.8, 4) is 11.8 Å². The molecule has 4 aromatic rings. The fourth-order valence-corrected chi connectivity index (χ4v) is 6.52. The van der Waals surface area contributed by atoms with Gasteiger partial charge in [-0.15, -0.1) is 11.3 Å². The van der Waals surface area contributed by atoms with E-state index in [1.54, 1.807) is 26.0 Å². The van der Waals surface area contributed by atoms with Gasteiger partial charge in [0.1, 0.15) is 22.4 Å². The van der Waals surface area contributed by atoms with E-state index in [-0.39, 0.29) is 29.1 Å². The molecule has 1 unspecified atom stereocenters. The summed E-state index contributed by atoms with van der Waals surface area (Å²) in [6, 6.07) is 6.82. The molecule has 1 aliphatic rings. The van der Waals surface area contributed by atoms with Crippen LogP contribution in [0.4, 0.5) is 0 Å². The molecule has 0 radical (unpaired) electrons. The highest BCUT2D eigenvalue weighted by molar-refractivity contribution is 7.18. The second-order valence-electron chi connectivity index (χ2n) is 10.8. The molecule has 0 bridgehead atoms. The largest absolute Gasteiger partial charge is 0.480 e. The number of rotatable bonds is 10. The second-order valence-corrected chi connectivity index (χ2v) is 11.8. The molecule has 1 aliphatic heterocycles. The molecular weight excluding hydrogens is 578 g/mol. The number of para-hydroxylation sites is 1. The zero-order valence-electron chi connectivity index (χ0n) is 24.3. The van der Waals surface area contributed by atoms with Gasteiger partial charge in [0.25, 0.3) is 5.56 Å². The number of carboxylic acids is 1. The maximum atomic E-state index is 13.8. The molecule has 1 fully saturated rings. The number of nitrogens with zero attached hydrogens (tertiary/aromatic N) is 3. The van der Waals surface area contributed by atoms with Gasteiger partial charge in [0.05, 0.1) is 17.7 Å². The second kappa shape index (κ2) is 12.3. The van der Waals surface area contributed by atoms with Gasteiger partial charge in [-0.2, -0.15) is 4.57 Å². The van der Waals surface area contributed by atoms with Gasteiger partial charge in [-0.25, -0.2) is 14.6 Å². The van der Waals surface area contributed by atoms with Crippen LogP contribution in [-0.4, -0.2) is 44.1 Å². The Balaban J connectivity index is 1.69. The number of fused-ring (bicyclic) bond motifs is 1. The number of hydrogen-bond donors (Lipinski definition) is 1. The van der Waals surface area contributed by atoms with E-state index in [4.69, 9.17) is 18.6 Å². The van der Waals surface area contributed by atoms with Crippen LogP contribution in [0.3, 0.4) is 0 Å². The molecule has 3 aromatic heterocycles. The summed E-state index contributed by atoms with van der Waals surface area (Å²) in [4.78, 5) is 57.0. The van der Waals surface area contributed by atoms with E-state index in [1.807, 2.05) is 12.1 Å². The topological polar surface area (TPSA) is 152 Å². The summed E-state index contributed by atoms with van der Waals surface area (Å²) in [6.07, 6.45) is 4.34. The molecule has 1 aromatic carbocycles. The first-order chi connectivity index (χ1) is 20.5. The molecule has 228 valence electrons. The number of hydrogen-bond acceptors (Lipinski definition) is 10. The minimum atomic E-state index is -1.72. The van der Waals surface area contributed by atoms with Gasteiger partial charge in [0.15, 0.2) is 6.29 Å². The van der Waals surface area contributed by atoms with Gasteiger partial charge < -0.3 is 23.7 Å². The first-order valence-corrected chi connectivity index (χ1v) is 14.9. The van der Waals surface area contributed by atoms with Crippen LogP contribution in [0, 0.1) is 6.92 Å². The predicted molar refractivity (Wildman–Crippen MR) is 157 cm³/mol. The summed E-state index contributed by atoms with van der Waals surface area (Å²) in [5.41, 5.74) is -2.11. The molecule has 12 nitrogen and oxygen atoms in total. The van der Waals surface area contributed by atoms with E-state index in [9.17, 15) is 24.3 Å². The van der Waals surface area contributed by atoms with Crippen LogP contribution in [0.15, 0.2) is 50.7 Å². The molecule has 1 saturated heterocycles. The van der Waals surface area contributed by atoms with Crippen LogP contribution in [0.5, 0.6) is 5.75 Å². The number of aliphatic carboxylic acids is 1. The Morgan fingerprint density at radius 2 is 2.00 bits per heavy atom. The van der Waals surface area contributed by atoms with E-state index in [0.29, 0.717) is 34.8 Å². The average Bonchev–Trinajstić information content (AvgIpc) is 3.61. The minimum Gasteiger partial charge on any atom is -0.480 e. The van der Waals surface area contributed by atoms with Crippen molar-refractivity contribution in [3.05, 3.63) is 73.6 Å². The monoisotopic (exact) mass is 611 g/mol. The van der Waals surface area contributed by atoms with E-state index in [0.717, 1.165) is 33.3 Å². The molecule has 0 spiro atoms. The third-order valence-electron chi connectivity index (χ3n) is 7.53. The normalized spacial score (nSPS) is 16.3. The summed E-state index contributed by atoms with van der Waals surface area (Å²) >= 11 is 1.15. The fourth-order valence-electron chi connectivity index (χ4n) is 5.05. The third-order valence-corrected chi connectivity index (χ3v) is 8.82. The molecule has 0 saturated carbocycles. The lowest BCUT2D eigenvalue weighted by molar-refractivity contribution is -0.189. The molecular formula is C30H33N3O9S. The van der Waals surface area contributed by atoms with Crippen LogP contribution >= 0.6 is 11.3 Å². The predicted octanol–water partition coefficient (Wildman–Crippen LogP) is 4.47. The number of aryl methyl sites for hydroxylation is 1. The Hall–Kier alpha value is -4.07. The molecule has 0 aliphatic carbocycles. The average molecular weight is 612 g/mol. The number of ether oxygens (including phenoxy) is 3. The SMILES string of the molecule is CCC(=O)Oc1ccccc1[C@@H](Cc1sc2c(c1C)c(=O)n(-c1ncco1)c(=O)n2C(C)(C)C(=O)O)OC1CCCCO1. The quantitative estimate of drug-likeness (QED) is 0.201. The summed E-state index contributed by atoms with van der Waals surface area (Å²) < 4.78 is 25.1. The van der Waals surface area contributed by atoms with Crippen molar-refractivity contribution in [3.63, 3.8) is 0 Å². The Morgan fingerprint density at radius 1 is 1.23 bits per heavy atom. The molecule has 4 heterocycles. The number of carbonyl (C=O) groups is 2. The molecule has 0 amide bonds. The van der Waals surface area contributed by atoms with Crippen molar-refractivity contribution in [2.75, 3.05) is 6.61 Å². The van der Waals surface area contributed by atoms with Gasteiger partial charge in [-0.05, 0) is 51.7 Å². The van der Waals surface area contributed by atoms with Gasteiger partial charge >= 0.3 is 23.6 Å². The Kier molecular flexibility index (Phi) is 8.67. The van der Waals surface area contributed by atoms with E-state index < -0.39 is 41.1 Å². The number of thiophene rings is 1. The molecule has 1 N–H and O–H groups in total. The summed E-state index contributed by atoms with van der Waals surface area (Å²) in [6.45, 7) is 6.79. The summed E-state index contributed by atoms with van der Waals surface area (Å²) in [5.74, 6) is -1.31. The highest BCUT2D eigenvalue weighted by Crippen LogP contribution is 2.38. The standard InChI is InChI=1S/C30H33N3O9S/c1-5-22(34)41-19-11-7-6-10-18(19)20(42-23-12-8-9-14-39-23)16-21-17(2)24-25(35)32(28-31-13-15-40-28)29(38)33(26(24)43-21)30(3,4)27(36)37/h6-7,10-11,13,15,20,23H,5,8-9,12,14,16H2,1-4H3,(H,36,37)/t20-,23?/m1/s1. The number of carbonyl (C=O) groups excluding carboxylic acids is 1. The van der Waals surface area contributed by atoms with E-state index in [2.05, 4.69) is 4.98 Å². The molecule has 13 heteroatoms. The van der Waals surface area contributed by atoms with Crippen LogP contribution in [0.1, 0.15) is 68.6 Å². The van der Waals surface area contributed by atoms with Crippen LogP contribution in [-0.2, 0) is 31.0 Å². The summed E-state index contributed by atoms with van der Waals surface area (Å²) in [7, 11) is 0. The lowest BCUT2D eigenvalue weighted by Gasteiger charge is -2.29. The van der Waals surface area contributed by atoms with Gasteiger partial charge in [-0.3, -0.25) is 14.2 Å². The van der Waals surface area contributed by atoms with Crippen LogP contribution in [0.25, 0.3) is 16.2 Å². The molecule has 2 atom stereocenters. The van der Waals surface area contributed by atoms with Crippen molar-refractivity contribution >= 4 is 33.5 Å². The maximum Gasteiger partial charge on any atom is 0.341 e. The van der Waals surface area contributed by atoms with Gasteiger partial charge in [-0.1, -0.05) is 25.1 Å². The van der Waals surface area contributed by atoms with Crippen molar-refractivity contribution in [2.24, 2.45) is 0 Å². The van der Waals surface area contributed by atoms with Crippen LogP contribution < -0.4 is 16.0 Å². The third kappa shape index (κ3) is 5.79. The Morgan fingerprint density at radius 3 is 2.65 bits per heavy atom. The van der Waals surface area contributed by atoms with Crippen molar-refractivity contribution in [2.45, 2.75) is 77.7 Å². The Labute approximate surface area is 250 Å². The Bertz CT molecular complexity index is 1760. The van der Waals surface area contributed by atoms with Crippen molar-refractivity contribution < 1.29 is 33.3 Å². The smallest absolute Gasteiger partial charge is 0.341 e. The summed E-state index contributed by atoms with van der Waals surface area (Å²) in [5, 5.41) is 10.3. The first kappa shape index (κ1) is 30.4. The number of esters is 1. The maximum absolute atomic E-state index is 13.8. The lowest BCUT2D eigenvalue weighted by Crippen LogP contribution is -2.48. The highest BCUT2D eigenvalue weighted by atomic mass is 32.1. The van der Waals surface area contributed by atoms with E-state index in [1.165, 1.54) is 26.3 Å². The molecule has 43 heavy (non-hydrogen) atoms. The number of benzene rings is 1. The lowest BCUT2D eigenvalue weighted by atomic mass is 10.0. The van der Waals surface area contributed by atoms with Gasteiger partial charge in [0, 0.05) is 29.9 Å². The van der Waals surface area contributed by atoms with Gasteiger partial charge in [0.2, 0.25) is 0 Å². The minimum absolute atomic E-state index is 0.172. The first-order valence-electron chi connectivity index (χ1n) is 14.0.